The third kappa shape index (κ3) is 1.70. The molecule has 2 bridgehead atoms. The maximum atomic E-state index is 13.2. The molecule has 1 saturated heterocycles. The zero-order valence-corrected chi connectivity index (χ0v) is 14.9. The van der Waals surface area contributed by atoms with Crippen molar-refractivity contribution < 1.29 is 29.3 Å². The molecule has 0 aromatic heterocycles. The summed E-state index contributed by atoms with van der Waals surface area (Å²) in [5, 5.41) is 21.9. The van der Waals surface area contributed by atoms with Crippen molar-refractivity contribution in [3.63, 3.8) is 0 Å². The molecule has 9 atom stereocenters. The quantitative estimate of drug-likeness (QED) is 0.623. The van der Waals surface area contributed by atoms with E-state index < -0.39 is 52.7 Å². The minimum atomic E-state index is -1.31. The van der Waals surface area contributed by atoms with E-state index in [4.69, 9.17) is 4.74 Å². The Hall–Kier alpha value is -1.53. The molecule has 2 saturated carbocycles. The highest BCUT2D eigenvalue weighted by Crippen LogP contribution is 2.66. The number of ether oxygens (including phenoxy) is 1. The van der Waals surface area contributed by atoms with Crippen molar-refractivity contribution in [2.75, 3.05) is 0 Å². The summed E-state index contributed by atoms with van der Waals surface area (Å²) in [6.07, 6.45) is -1.54. The Morgan fingerprint density at radius 3 is 2.48 bits per heavy atom. The van der Waals surface area contributed by atoms with Crippen LogP contribution in [0, 0.1) is 34.5 Å². The summed E-state index contributed by atoms with van der Waals surface area (Å²) in [5.74, 6) is -2.93. The fourth-order valence-electron chi connectivity index (χ4n) is 6.55. The van der Waals surface area contributed by atoms with E-state index in [1.54, 1.807) is 20.8 Å². The standard InChI is InChI=1S/C19H24O6/c1-7-5-10(20)16(23)18(3)9(7)6-11(21)19(4)12-8(2)14(25-17(12)24)13(22)15(18)19/h5,8-9,12-16,22-23H,6H2,1-4H3/t8-,9+,12-,13+,14-,15-,16-,18+,19-/m1/s1. The number of rotatable bonds is 0. The van der Waals surface area contributed by atoms with Crippen LogP contribution in [-0.2, 0) is 19.1 Å². The monoisotopic (exact) mass is 348 g/mol. The molecule has 1 heterocycles. The summed E-state index contributed by atoms with van der Waals surface area (Å²) in [7, 11) is 0. The fraction of sp³-hybridized carbons (Fsp3) is 0.737. The normalized spacial score (nSPS) is 54.6. The Bertz CT molecular complexity index is 725. The lowest BCUT2D eigenvalue weighted by molar-refractivity contribution is -0.208. The molecule has 6 heteroatoms. The number of carbonyl (C=O) groups excluding carboxylic acids is 3. The Kier molecular flexibility index (Phi) is 3.24. The van der Waals surface area contributed by atoms with Crippen molar-refractivity contribution in [1.29, 1.82) is 0 Å². The van der Waals surface area contributed by atoms with Crippen molar-refractivity contribution in [3.05, 3.63) is 11.6 Å². The average Bonchev–Trinajstić information content (AvgIpc) is 2.78. The number of fused-ring (bicyclic) bond motifs is 6. The molecule has 4 rings (SSSR count). The van der Waals surface area contributed by atoms with E-state index in [1.165, 1.54) is 6.08 Å². The molecule has 3 aliphatic carbocycles. The van der Waals surface area contributed by atoms with Crippen molar-refractivity contribution in [1.82, 2.24) is 0 Å². The molecule has 3 fully saturated rings. The van der Waals surface area contributed by atoms with Gasteiger partial charge < -0.3 is 14.9 Å². The molecule has 0 amide bonds. The van der Waals surface area contributed by atoms with Crippen molar-refractivity contribution in [3.8, 4) is 0 Å². The predicted molar refractivity (Wildman–Crippen MR) is 86.1 cm³/mol. The van der Waals surface area contributed by atoms with E-state index in [2.05, 4.69) is 0 Å². The molecule has 2 N–H and O–H groups in total. The van der Waals surface area contributed by atoms with E-state index in [0.717, 1.165) is 5.57 Å². The Morgan fingerprint density at radius 2 is 1.84 bits per heavy atom. The van der Waals surface area contributed by atoms with Crippen LogP contribution in [0.2, 0.25) is 0 Å². The molecule has 1 aliphatic heterocycles. The maximum absolute atomic E-state index is 13.2. The first-order valence-corrected chi connectivity index (χ1v) is 8.88. The van der Waals surface area contributed by atoms with Crippen LogP contribution in [0.1, 0.15) is 34.1 Å². The van der Waals surface area contributed by atoms with Gasteiger partial charge in [0.05, 0.1) is 12.0 Å². The van der Waals surface area contributed by atoms with Gasteiger partial charge in [0.1, 0.15) is 18.0 Å². The maximum Gasteiger partial charge on any atom is 0.310 e. The van der Waals surface area contributed by atoms with Gasteiger partial charge in [0.25, 0.3) is 0 Å². The summed E-state index contributed by atoms with van der Waals surface area (Å²) in [6.45, 7) is 7.09. The van der Waals surface area contributed by atoms with Crippen molar-refractivity contribution in [2.45, 2.75) is 52.4 Å². The van der Waals surface area contributed by atoms with Crippen LogP contribution in [0.15, 0.2) is 11.6 Å². The second-order valence-electron chi connectivity index (χ2n) is 8.73. The van der Waals surface area contributed by atoms with E-state index in [1.807, 2.05) is 6.92 Å². The fourth-order valence-corrected chi connectivity index (χ4v) is 6.55. The van der Waals surface area contributed by atoms with Crippen LogP contribution >= 0.6 is 0 Å². The highest BCUT2D eigenvalue weighted by Gasteiger charge is 2.74. The number of esters is 1. The number of hydrogen-bond acceptors (Lipinski definition) is 6. The summed E-state index contributed by atoms with van der Waals surface area (Å²) in [4.78, 5) is 38.0. The smallest absolute Gasteiger partial charge is 0.310 e. The molecule has 25 heavy (non-hydrogen) atoms. The SMILES string of the molecule is CC1=CC(=O)[C@@H](O)[C@@]2(C)[C@H]1CC(=O)[C@]1(C)[C@H]3C(=O)O[C@H]([C@@H]3C)[C@H](O)[C@@H]12. The summed E-state index contributed by atoms with van der Waals surface area (Å²) >= 11 is 0. The number of allylic oxidation sites excluding steroid dienone is 1. The topological polar surface area (TPSA) is 101 Å². The second kappa shape index (κ2) is 4.80. The molecule has 0 radical (unpaired) electrons. The number of aliphatic hydroxyl groups is 2. The van der Waals surface area contributed by atoms with Gasteiger partial charge in [-0.3, -0.25) is 14.4 Å². The van der Waals surface area contributed by atoms with Crippen LogP contribution in [0.25, 0.3) is 0 Å². The molecule has 4 aliphatic rings. The zero-order valence-electron chi connectivity index (χ0n) is 14.9. The first kappa shape index (κ1) is 16.9. The predicted octanol–water partition coefficient (Wildman–Crippen LogP) is 0.646. The molecule has 0 spiro atoms. The number of carbonyl (C=O) groups is 3. The van der Waals surface area contributed by atoms with Gasteiger partial charge in [-0.1, -0.05) is 26.3 Å². The van der Waals surface area contributed by atoms with Crippen molar-refractivity contribution in [2.24, 2.45) is 34.5 Å². The third-order valence-corrected chi connectivity index (χ3v) is 7.71. The number of hydrogen-bond donors (Lipinski definition) is 2. The lowest BCUT2D eigenvalue weighted by Gasteiger charge is -2.62. The summed E-state index contributed by atoms with van der Waals surface area (Å²) in [6, 6.07) is 0. The van der Waals surface area contributed by atoms with Crippen LogP contribution in [0.3, 0.4) is 0 Å². The van der Waals surface area contributed by atoms with Crippen molar-refractivity contribution >= 4 is 17.5 Å². The van der Waals surface area contributed by atoms with Crippen LogP contribution in [0.5, 0.6) is 0 Å². The molecule has 0 unspecified atom stereocenters. The molecular weight excluding hydrogens is 324 g/mol. The summed E-state index contributed by atoms with van der Waals surface area (Å²) in [5.41, 5.74) is -1.41. The first-order valence-electron chi connectivity index (χ1n) is 8.88. The van der Waals surface area contributed by atoms with E-state index in [0.29, 0.717) is 0 Å². The second-order valence-corrected chi connectivity index (χ2v) is 8.73. The van der Waals surface area contributed by atoms with Crippen LogP contribution in [0.4, 0.5) is 0 Å². The minimum Gasteiger partial charge on any atom is -0.459 e. The van der Waals surface area contributed by atoms with E-state index >= 15 is 0 Å². The molecule has 136 valence electrons. The van der Waals surface area contributed by atoms with Gasteiger partial charge in [0.2, 0.25) is 0 Å². The van der Waals surface area contributed by atoms with Crippen LogP contribution < -0.4 is 0 Å². The lowest BCUT2D eigenvalue weighted by atomic mass is 9.40. The molecule has 0 aromatic carbocycles. The van der Waals surface area contributed by atoms with E-state index in [-0.39, 0.29) is 24.0 Å². The van der Waals surface area contributed by atoms with Gasteiger partial charge in [0.15, 0.2) is 5.78 Å². The molecular formula is C19H24O6. The van der Waals surface area contributed by atoms with Crippen LogP contribution in [-0.4, -0.2) is 46.1 Å². The van der Waals surface area contributed by atoms with Gasteiger partial charge in [0, 0.05) is 29.1 Å². The number of ketones is 2. The Labute approximate surface area is 146 Å². The Balaban J connectivity index is 1.96. The molecule has 6 nitrogen and oxygen atoms in total. The summed E-state index contributed by atoms with van der Waals surface area (Å²) < 4.78 is 5.41. The largest absolute Gasteiger partial charge is 0.459 e. The third-order valence-electron chi connectivity index (χ3n) is 7.71. The van der Waals surface area contributed by atoms with Gasteiger partial charge in [-0.15, -0.1) is 0 Å². The Morgan fingerprint density at radius 1 is 1.20 bits per heavy atom. The highest BCUT2D eigenvalue weighted by atomic mass is 16.6. The minimum absolute atomic E-state index is 0.0949. The average molecular weight is 348 g/mol. The number of Topliss-reactive ketones (excluding diaryl/α,β-unsaturated/α-hetero) is 1. The van der Waals surface area contributed by atoms with E-state index in [9.17, 15) is 24.6 Å². The lowest BCUT2D eigenvalue weighted by Crippen LogP contribution is -2.70. The van der Waals surface area contributed by atoms with Gasteiger partial charge >= 0.3 is 5.97 Å². The first-order chi connectivity index (χ1) is 11.6. The zero-order chi connectivity index (χ0) is 18.5. The number of aliphatic hydroxyl groups excluding tert-OH is 2. The molecule has 0 aromatic rings. The highest BCUT2D eigenvalue weighted by molar-refractivity contribution is 5.98. The van der Waals surface area contributed by atoms with Gasteiger partial charge in [-0.25, -0.2) is 0 Å². The van der Waals surface area contributed by atoms with Gasteiger partial charge in [-0.05, 0) is 18.9 Å². The van der Waals surface area contributed by atoms with Gasteiger partial charge in [-0.2, -0.15) is 0 Å².